The molecule has 0 radical (unpaired) electrons. The molecule has 1 aliphatic rings. The molecule has 1 heterocycles. The van der Waals surface area contributed by atoms with Gasteiger partial charge in [-0.05, 0) is 19.1 Å². The van der Waals surface area contributed by atoms with Crippen LogP contribution in [-0.2, 0) is 19.2 Å². The molecule has 0 aromatic heterocycles. The summed E-state index contributed by atoms with van der Waals surface area (Å²) in [7, 11) is 0. The van der Waals surface area contributed by atoms with E-state index >= 15 is 0 Å². The number of carbonyl (C=O) groups is 5. The highest BCUT2D eigenvalue weighted by molar-refractivity contribution is 6.14. The molecule has 1 aromatic rings. The van der Waals surface area contributed by atoms with Gasteiger partial charge in [-0.1, -0.05) is 18.2 Å². The summed E-state index contributed by atoms with van der Waals surface area (Å²) in [6, 6.07) is 8.32. The molecule has 5 amide bonds. The van der Waals surface area contributed by atoms with Crippen LogP contribution in [0.25, 0.3) is 0 Å². The van der Waals surface area contributed by atoms with Crippen molar-refractivity contribution in [3.63, 3.8) is 0 Å². The summed E-state index contributed by atoms with van der Waals surface area (Å²) in [6.45, 7) is 1.39. The van der Waals surface area contributed by atoms with Crippen LogP contribution in [0.4, 0.5) is 10.5 Å². The zero-order chi connectivity index (χ0) is 16.5. The zero-order valence-corrected chi connectivity index (χ0v) is 11.8. The van der Waals surface area contributed by atoms with E-state index in [4.69, 9.17) is 0 Å². The first kappa shape index (κ1) is 17.0. The van der Waals surface area contributed by atoms with Crippen LogP contribution < -0.4 is 16.0 Å². The van der Waals surface area contributed by atoms with E-state index in [0.717, 1.165) is 0 Å². The maximum absolute atomic E-state index is 11.1. The second-order valence-corrected chi connectivity index (χ2v) is 4.40. The van der Waals surface area contributed by atoms with Crippen molar-refractivity contribution in [1.29, 1.82) is 0 Å². The Bertz CT molecular complexity index is 552. The van der Waals surface area contributed by atoms with E-state index in [-0.39, 0.29) is 24.5 Å². The Morgan fingerprint density at radius 1 is 1.05 bits per heavy atom. The van der Waals surface area contributed by atoms with Gasteiger partial charge >= 0.3 is 6.03 Å². The van der Waals surface area contributed by atoms with Crippen molar-refractivity contribution in [2.75, 3.05) is 5.32 Å². The molecule has 1 saturated heterocycles. The lowest BCUT2D eigenvalue weighted by Gasteiger charge is -2.09. The van der Waals surface area contributed by atoms with Gasteiger partial charge in [-0.2, -0.15) is 0 Å². The number of imide groups is 2. The average Bonchev–Trinajstić information content (AvgIpc) is 2.37. The number of amides is 5. The van der Waals surface area contributed by atoms with Crippen molar-refractivity contribution in [1.82, 2.24) is 10.6 Å². The van der Waals surface area contributed by atoms with Gasteiger partial charge in [-0.3, -0.25) is 29.8 Å². The summed E-state index contributed by atoms with van der Waals surface area (Å²) in [5.74, 6) is -1.50. The Morgan fingerprint density at radius 3 is 2.05 bits per heavy atom. The minimum atomic E-state index is -0.740. The molecule has 1 aromatic carbocycles. The summed E-state index contributed by atoms with van der Waals surface area (Å²) >= 11 is 0. The SMILES string of the molecule is CC(=O)CC(=O)Nc1ccccc1.O=C1CC(=O)NC(=O)N1. The second kappa shape index (κ2) is 8.30. The molecule has 8 nitrogen and oxygen atoms in total. The number of ketones is 1. The van der Waals surface area contributed by atoms with Crippen molar-refractivity contribution in [2.24, 2.45) is 0 Å². The second-order valence-electron chi connectivity index (χ2n) is 4.40. The first-order valence-electron chi connectivity index (χ1n) is 6.35. The third-order valence-electron chi connectivity index (χ3n) is 2.29. The number of barbiturate groups is 1. The maximum atomic E-state index is 11.1. The first-order chi connectivity index (χ1) is 10.4. The molecule has 0 saturated carbocycles. The van der Waals surface area contributed by atoms with Gasteiger partial charge in [0, 0.05) is 5.69 Å². The van der Waals surface area contributed by atoms with Crippen LogP contribution in [0, 0.1) is 0 Å². The Hall–Kier alpha value is -3.03. The van der Waals surface area contributed by atoms with Crippen LogP contribution in [0.5, 0.6) is 0 Å². The van der Waals surface area contributed by atoms with Gasteiger partial charge in [0.25, 0.3) is 0 Å². The largest absolute Gasteiger partial charge is 0.328 e. The number of urea groups is 1. The normalized spacial score (nSPS) is 13.2. The van der Waals surface area contributed by atoms with Gasteiger partial charge in [0.05, 0.1) is 6.42 Å². The third kappa shape index (κ3) is 6.94. The molecule has 3 N–H and O–H groups in total. The highest BCUT2D eigenvalue weighted by Gasteiger charge is 2.20. The molecule has 0 spiro atoms. The Balaban J connectivity index is 0.000000235. The summed E-state index contributed by atoms with van der Waals surface area (Å²) < 4.78 is 0. The number of rotatable bonds is 3. The van der Waals surface area contributed by atoms with Gasteiger partial charge in [0.2, 0.25) is 17.7 Å². The molecule has 0 aliphatic carbocycles. The van der Waals surface area contributed by atoms with Gasteiger partial charge in [0.1, 0.15) is 12.2 Å². The third-order valence-corrected chi connectivity index (χ3v) is 2.29. The van der Waals surface area contributed by atoms with Crippen LogP contribution in [0.1, 0.15) is 19.8 Å². The number of Topliss-reactive ketones (excluding diaryl/α,β-unsaturated/α-hetero) is 1. The number of hydrogen-bond donors (Lipinski definition) is 3. The lowest BCUT2D eigenvalue weighted by molar-refractivity contribution is -0.130. The van der Waals surface area contributed by atoms with Crippen molar-refractivity contribution in [3.05, 3.63) is 30.3 Å². The van der Waals surface area contributed by atoms with Crippen molar-refractivity contribution >= 4 is 35.2 Å². The molecular formula is C14H15N3O5. The van der Waals surface area contributed by atoms with E-state index in [1.807, 2.05) is 28.8 Å². The first-order valence-corrected chi connectivity index (χ1v) is 6.35. The molecule has 0 unspecified atom stereocenters. The summed E-state index contributed by atoms with van der Waals surface area (Å²) in [5.41, 5.74) is 0.716. The molecule has 1 fully saturated rings. The minimum Gasteiger partial charge on any atom is -0.326 e. The highest BCUT2D eigenvalue weighted by Crippen LogP contribution is 2.05. The molecule has 1 aliphatic heterocycles. The van der Waals surface area contributed by atoms with E-state index in [9.17, 15) is 24.0 Å². The fourth-order valence-corrected chi connectivity index (χ4v) is 1.47. The molecular weight excluding hydrogens is 290 g/mol. The molecule has 22 heavy (non-hydrogen) atoms. The zero-order valence-electron chi connectivity index (χ0n) is 11.8. The Kier molecular flexibility index (Phi) is 6.42. The monoisotopic (exact) mass is 305 g/mol. The number of nitrogens with one attached hydrogen (secondary N) is 3. The standard InChI is InChI=1S/C10H11NO2.C4H4N2O3/c1-8(12)7-10(13)11-9-5-3-2-4-6-9;7-2-1-3(8)6-4(9)5-2/h2-6H,7H2,1H3,(H,11,13);1H2,(H2,5,6,7,8,9). The molecule has 116 valence electrons. The number of carbonyl (C=O) groups excluding carboxylic acids is 5. The fourth-order valence-electron chi connectivity index (χ4n) is 1.47. The van der Waals surface area contributed by atoms with E-state index in [1.165, 1.54) is 6.92 Å². The van der Waals surface area contributed by atoms with Crippen LogP contribution in [0.3, 0.4) is 0 Å². The number of para-hydroxylation sites is 1. The van der Waals surface area contributed by atoms with Gasteiger partial charge in [-0.15, -0.1) is 0 Å². The molecule has 8 heteroatoms. The van der Waals surface area contributed by atoms with Gasteiger partial charge in [0.15, 0.2) is 0 Å². The van der Waals surface area contributed by atoms with Crippen LogP contribution in [0.2, 0.25) is 0 Å². The predicted octanol–water partition coefficient (Wildman–Crippen LogP) is 0.347. The van der Waals surface area contributed by atoms with E-state index in [1.54, 1.807) is 12.1 Å². The predicted molar refractivity (Wildman–Crippen MR) is 76.7 cm³/mol. The molecule has 2 rings (SSSR count). The fraction of sp³-hybridized carbons (Fsp3) is 0.214. The maximum Gasteiger partial charge on any atom is 0.328 e. The van der Waals surface area contributed by atoms with Crippen LogP contribution in [-0.4, -0.2) is 29.5 Å². The van der Waals surface area contributed by atoms with E-state index in [2.05, 4.69) is 5.32 Å². The number of anilines is 1. The summed E-state index contributed by atoms with van der Waals surface area (Å²) in [5, 5.41) is 6.41. The minimum absolute atomic E-state index is 0.0606. The van der Waals surface area contributed by atoms with Crippen LogP contribution in [0.15, 0.2) is 30.3 Å². The smallest absolute Gasteiger partial charge is 0.326 e. The Morgan fingerprint density at radius 2 is 1.59 bits per heavy atom. The summed E-state index contributed by atoms with van der Waals surface area (Å²) in [6.07, 6.45) is -0.319. The number of benzene rings is 1. The Labute approximate surface area is 126 Å². The average molecular weight is 305 g/mol. The number of hydrogen-bond acceptors (Lipinski definition) is 5. The van der Waals surface area contributed by atoms with Gasteiger partial charge in [-0.25, -0.2) is 4.79 Å². The van der Waals surface area contributed by atoms with Crippen molar-refractivity contribution in [3.8, 4) is 0 Å². The van der Waals surface area contributed by atoms with Crippen molar-refractivity contribution in [2.45, 2.75) is 19.8 Å². The van der Waals surface area contributed by atoms with Crippen LogP contribution >= 0.6 is 0 Å². The van der Waals surface area contributed by atoms with Gasteiger partial charge < -0.3 is 5.32 Å². The summed E-state index contributed by atoms with van der Waals surface area (Å²) in [4.78, 5) is 52.5. The lowest BCUT2D eigenvalue weighted by Crippen LogP contribution is -2.49. The molecule has 0 atom stereocenters. The van der Waals surface area contributed by atoms with Crippen molar-refractivity contribution < 1.29 is 24.0 Å². The molecule has 0 bridgehead atoms. The lowest BCUT2D eigenvalue weighted by atomic mass is 10.2. The highest BCUT2D eigenvalue weighted by atomic mass is 16.2. The van der Waals surface area contributed by atoms with E-state index in [0.29, 0.717) is 5.69 Å². The topological polar surface area (TPSA) is 121 Å². The quantitative estimate of drug-likeness (QED) is 0.695. The van der Waals surface area contributed by atoms with E-state index < -0.39 is 17.8 Å².